The second-order valence-electron chi connectivity index (χ2n) is 5.27. The SMILES string of the molecule is O=C1/C(=C\c2ccccc2F)SC(=S)N1CNc1cccc([N+](=O)[O-])c1. The van der Waals surface area contributed by atoms with Gasteiger partial charge in [-0.2, -0.15) is 0 Å². The summed E-state index contributed by atoms with van der Waals surface area (Å²) in [5.41, 5.74) is 0.741. The van der Waals surface area contributed by atoms with Crippen LogP contribution in [0, 0.1) is 15.9 Å². The van der Waals surface area contributed by atoms with Crippen LogP contribution >= 0.6 is 24.0 Å². The van der Waals surface area contributed by atoms with Crippen LogP contribution in [0.25, 0.3) is 6.08 Å². The summed E-state index contributed by atoms with van der Waals surface area (Å²) in [6, 6.07) is 12.1. The van der Waals surface area contributed by atoms with Crippen molar-refractivity contribution < 1.29 is 14.1 Å². The molecule has 0 spiro atoms. The number of non-ortho nitro benzene ring substituents is 1. The van der Waals surface area contributed by atoms with Crippen LogP contribution in [0.2, 0.25) is 0 Å². The van der Waals surface area contributed by atoms with Gasteiger partial charge in [-0.25, -0.2) is 4.39 Å². The van der Waals surface area contributed by atoms with E-state index in [-0.39, 0.29) is 18.3 Å². The monoisotopic (exact) mass is 389 g/mol. The molecule has 1 N–H and O–H groups in total. The number of nitrogens with one attached hydrogen (secondary N) is 1. The van der Waals surface area contributed by atoms with Crippen molar-refractivity contribution in [2.24, 2.45) is 0 Å². The maximum absolute atomic E-state index is 13.8. The predicted octanol–water partition coefficient (Wildman–Crippen LogP) is 4.00. The number of thioether (sulfide) groups is 1. The molecular formula is C17H12FN3O3S2. The average Bonchev–Trinajstić information content (AvgIpc) is 2.89. The number of nitro groups is 1. The van der Waals surface area contributed by atoms with E-state index in [1.807, 2.05) is 0 Å². The lowest BCUT2D eigenvalue weighted by atomic mass is 10.2. The van der Waals surface area contributed by atoms with Crippen molar-refractivity contribution in [1.82, 2.24) is 4.90 Å². The second kappa shape index (κ2) is 7.63. The fourth-order valence-electron chi connectivity index (χ4n) is 2.27. The third-order valence-corrected chi connectivity index (χ3v) is 4.94. The van der Waals surface area contributed by atoms with Gasteiger partial charge < -0.3 is 5.32 Å². The molecular weight excluding hydrogens is 377 g/mol. The molecule has 0 saturated carbocycles. The molecule has 1 aliphatic rings. The highest BCUT2D eigenvalue weighted by Gasteiger charge is 2.32. The Morgan fingerprint density at radius 2 is 2.04 bits per heavy atom. The third-order valence-electron chi connectivity index (χ3n) is 3.56. The van der Waals surface area contributed by atoms with Gasteiger partial charge in [0, 0.05) is 23.4 Å². The molecule has 9 heteroatoms. The fraction of sp³-hybridized carbons (Fsp3) is 0.0588. The standard InChI is InChI=1S/C17H12FN3O3S2/c18-14-7-2-1-4-11(14)8-15-16(22)20(17(25)26-15)10-19-12-5-3-6-13(9-12)21(23)24/h1-9,19H,10H2/b15-8+. The second-order valence-corrected chi connectivity index (χ2v) is 6.95. The van der Waals surface area contributed by atoms with Gasteiger partial charge in [-0.3, -0.25) is 19.8 Å². The number of halogens is 1. The largest absolute Gasteiger partial charge is 0.367 e. The number of hydrogen-bond donors (Lipinski definition) is 1. The Morgan fingerprint density at radius 3 is 2.77 bits per heavy atom. The highest BCUT2D eigenvalue weighted by Crippen LogP contribution is 2.32. The molecule has 2 aromatic rings. The summed E-state index contributed by atoms with van der Waals surface area (Å²) in [6.07, 6.45) is 1.46. The van der Waals surface area contributed by atoms with E-state index in [0.29, 0.717) is 20.5 Å². The Bertz CT molecular complexity index is 933. The first-order valence-electron chi connectivity index (χ1n) is 7.44. The van der Waals surface area contributed by atoms with Gasteiger partial charge in [0.25, 0.3) is 11.6 Å². The predicted molar refractivity (Wildman–Crippen MR) is 103 cm³/mol. The van der Waals surface area contributed by atoms with Crippen molar-refractivity contribution in [1.29, 1.82) is 0 Å². The number of carbonyl (C=O) groups is 1. The molecule has 2 aromatic carbocycles. The van der Waals surface area contributed by atoms with E-state index < -0.39 is 10.7 Å². The lowest BCUT2D eigenvalue weighted by molar-refractivity contribution is -0.384. The highest BCUT2D eigenvalue weighted by atomic mass is 32.2. The number of hydrogen-bond acceptors (Lipinski definition) is 6. The van der Waals surface area contributed by atoms with E-state index in [1.165, 1.54) is 29.2 Å². The minimum Gasteiger partial charge on any atom is -0.367 e. The first-order valence-corrected chi connectivity index (χ1v) is 8.66. The van der Waals surface area contributed by atoms with Crippen molar-refractivity contribution in [2.45, 2.75) is 0 Å². The summed E-state index contributed by atoms with van der Waals surface area (Å²) in [5.74, 6) is -0.770. The van der Waals surface area contributed by atoms with E-state index in [2.05, 4.69) is 5.32 Å². The molecule has 0 bridgehead atoms. The van der Waals surface area contributed by atoms with Gasteiger partial charge in [0.05, 0.1) is 16.5 Å². The maximum Gasteiger partial charge on any atom is 0.271 e. The Kier molecular flexibility index (Phi) is 5.29. The van der Waals surface area contributed by atoms with E-state index in [0.717, 1.165) is 11.8 Å². The Morgan fingerprint density at radius 1 is 1.27 bits per heavy atom. The molecule has 1 fully saturated rings. The van der Waals surface area contributed by atoms with E-state index in [1.54, 1.807) is 30.3 Å². The smallest absolute Gasteiger partial charge is 0.271 e. The van der Waals surface area contributed by atoms with Gasteiger partial charge in [0.2, 0.25) is 0 Å². The van der Waals surface area contributed by atoms with Crippen LogP contribution in [0.15, 0.2) is 53.4 Å². The van der Waals surface area contributed by atoms with Crippen molar-refractivity contribution >= 4 is 51.7 Å². The van der Waals surface area contributed by atoms with Crippen LogP contribution in [0.1, 0.15) is 5.56 Å². The van der Waals surface area contributed by atoms with Gasteiger partial charge in [-0.1, -0.05) is 48.2 Å². The van der Waals surface area contributed by atoms with Crippen LogP contribution < -0.4 is 5.32 Å². The zero-order valence-electron chi connectivity index (χ0n) is 13.2. The van der Waals surface area contributed by atoms with Gasteiger partial charge in [0.1, 0.15) is 10.1 Å². The topological polar surface area (TPSA) is 75.5 Å². The van der Waals surface area contributed by atoms with Crippen molar-refractivity contribution in [3.05, 3.63) is 74.9 Å². The summed E-state index contributed by atoms with van der Waals surface area (Å²) < 4.78 is 14.1. The number of thiocarbonyl (C=S) groups is 1. The van der Waals surface area contributed by atoms with Crippen LogP contribution in [-0.4, -0.2) is 26.7 Å². The maximum atomic E-state index is 13.8. The van der Waals surface area contributed by atoms with Crippen LogP contribution in [0.3, 0.4) is 0 Å². The number of amides is 1. The van der Waals surface area contributed by atoms with Gasteiger partial charge in [0.15, 0.2) is 0 Å². The molecule has 0 aromatic heterocycles. The number of nitrogens with zero attached hydrogens (tertiary/aromatic N) is 2. The summed E-state index contributed by atoms with van der Waals surface area (Å²) in [7, 11) is 0. The zero-order valence-corrected chi connectivity index (χ0v) is 14.8. The molecule has 132 valence electrons. The Hall–Kier alpha value is -2.78. The number of benzene rings is 2. The zero-order chi connectivity index (χ0) is 18.7. The van der Waals surface area contributed by atoms with Crippen molar-refractivity contribution in [2.75, 3.05) is 12.0 Å². The van der Waals surface area contributed by atoms with E-state index >= 15 is 0 Å². The quantitative estimate of drug-likeness (QED) is 0.360. The molecule has 0 radical (unpaired) electrons. The van der Waals surface area contributed by atoms with Crippen LogP contribution in [0.5, 0.6) is 0 Å². The summed E-state index contributed by atoms with van der Waals surface area (Å²) in [4.78, 5) is 24.5. The summed E-state index contributed by atoms with van der Waals surface area (Å²) in [6.45, 7) is 0.0560. The molecule has 1 aliphatic heterocycles. The van der Waals surface area contributed by atoms with Crippen LogP contribution in [0.4, 0.5) is 15.8 Å². The summed E-state index contributed by atoms with van der Waals surface area (Å²) in [5, 5.41) is 13.7. The molecule has 0 aliphatic carbocycles. The van der Waals surface area contributed by atoms with E-state index in [4.69, 9.17) is 12.2 Å². The number of carbonyl (C=O) groups excluding carboxylic acids is 1. The van der Waals surface area contributed by atoms with Crippen LogP contribution in [-0.2, 0) is 4.79 Å². The van der Waals surface area contributed by atoms with E-state index in [9.17, 15) is 19.3 Å². The normalized spacial score (nSPS) is 15.6. The lowest BCUT2D eigenvalue weighted by Gasteiger charge is -2.16. The molecule has 6 nitrogen and oxygen atoms in total. The van der Waals surface area contributed by atoms with Gasteiger partial charge in [-0.15, -0.1) is 0 Å². The van der Waals surface area contributed by atoms with Gasteiger partial charge >= 0.3 is 0 Å². The molecule has 1 saturated heterocycles. The molecule has 3 rings (SSSR count). The lowest BCUT2D eigenvalue weighted by Crippen LogP contribution is -2.33. The third kappa shape index (κ3) is 3.89. The molecule has 26 heavy (non-hydrogen) atoms. The van der Waals surface area contributed by atoms with Gasteiger partial charge in [-0.05, 0) is 18.2 Å². The minimum absolute atomic E-state index is 0.0557. The number of rotatable bonds is 5. The summed E-state index contributed by atoms with van der Waals surface area (Å²) >= 11 is 6.29. The van der Waals surface area contributed by atoms with Crippen molar-refractivity contribution in [3.63, 3.8) is 0 Å². The van der Waals surface area contributed by atoms with Crippen molar-refractivity contribution in [3.8, 4) is 0 Å². The average molecular weight is 389 g/mol. The first kappa shape index (κ1) is 18.0. The number of anilines is 1. The Labute approximate surface area is 157 Å². The first-order chi connectivity index (χ1) is 12.5. The Balaban J connectivity index is 1.73. The minimum atomic E-state index is -0.498. The molecule has 1 amide bonds. The molecule has 1 heterocycles. The highest BCUT2D eigenvalue weighted by molar-refractivity contribution is 8.26. The number of nitro benzene ring substituents is 1. The molecule has 0 unspecified atom stereocenters. The molecule has 0 atom stereocenters. The fourth-order valence-corrected chi connectivity index (χ4v) is 3.52.